The van der Waals surface area contributed by atoms with Crippen LogP contribution >= 0.6 is 0 Å². The number of rotatable bonds is 4. The number of carboxylic acid groups (broad SMARTS) is 1. The molecule has 114 valence electrons. The second kappa shape index (κ2) is 6.74. The molecule has 1 saturated carbocycles. The van der Waals surface area contributed by atoms with Gasteiger partial charge in [-0.2, -0.15) is 0 Å². The summed E-state index contributed by atoms with van der Waals surface area (Å²) in [5.74, 6) is -0.529. The average Bonchev–Trinajstić information content (AvgIpc) is 2.48. The Balaban J connectivity index is 1.82. The molecule has 0 aliphatic heterocycles. The molecule has 1 aliphatic carbocycles. The average molecular weight is 289 g/mol. The summed E-state index contributed by atoms with van der Waals surface area (Å²) >= 11 is 0. The quantitative estimate of drug-likeness (QED) is 0.895. The molecule has 1 aromatic rings. The van der Waals surface area contributed by atoms with Crippen molar-refractivity contribution in [3.05, 3.63) is 34.9 Å². The van der Waals surface area contributed by atoms with Crippen LogP contribution in [-0.2, 0) is 4.79 Å². The van der Waals surface area contributed by atoms with Crippen LogP contribution in [-0.4, -0.2) is 23.5 Å². The fourth-order valence-corrected chi connectivity index (χ4v) is 2.84. The van der Waals surface area contributed by atoms with Gasteiger partial charge in [-0.1, -0.05) is 6.07 Å². The Bertz CT molecular complexity index is 531. The minimum absolute atomic E-state index is 0.0431. The first-order chi connectivity index (χ1) is 9.97. The van der Waals surface area contributed by atoms with E-state index in [-0.39, 0.29) is 11.8 Å². The van der Waals surface area contributed by atoms with E-state index in [1.165, 1.54) is 5.56 Å². The molecule has 0 bridgehead atoms. The summed E-state index contributed by atoms with van der Waals surface area (Å²) in [5, 5.41) is 11.9. The molecule has 0 atom stereocenters. The van der Waals surface area contributed by atoms with Gasteiger partial charge >= 0.3 is 5.97 Å². The van der Waals surface area contributed by atoms with Crippen LogP contribution in [0.25, 0.3) is 0 Å². The molecule has 0 heterocycles. The third kappa shape index (κ3) is 4.06. The molecule has 2 rings (SSSR count). The highest BCUT2D eigenvalue weighted by atomic mass is 16.4. The van der Waals surface area contributed by atoms with Crippen molar-refractivity contribution in [2.45, 2.75) is 39.5 Å². The van der Waals surface area contributed by atoms with Crippen molar-refractivity contribution >= 4 is 11.9 Å². The van der Waals surface area contributed by atoms with Crippen molar-refractivity contribution in [2.24, 2.45) is 11.8 Å². The number of benzene rings is 1. The molecule has 1 fully saturated rings. The SMILES string of the molecule is Cc1ccc(C(=O)NCC2CCC(C(=O)O)CC2)cc1C. The van der Waals surface area contributed by atoms with E-state index in [0.717, 1.165) is 31.2 Å². The minimum atomic E-state index is -0.687. The van der Waals surface area contributed by atoms with Gasteiger partial charge in [0.15, 0.2) is 0 Å². The highest BCUT2D eigenvalue weighted by molar-refractivity contribution is 5.94. The van der Waals surface area contributed by atoms with Gasteiger partial charge < -0.3 is 10.4 Å². The maximum Gasteiger partial charge on any atom is 0.306 e. The lowest BCUT2D eigenvalue weighted by atomic mass is 9.82. The number of hydrogen-bond acceptors (Lipinski definition) is 2. The lowest BCUT2D eigenvalue weighted by Crippen LogP contribution is -2.32. The van der Waals surface area contributed by atoms with Gasteiger partial charge in [-0.25, -0.2) is 0 Å². The van der Waals surface area contributed by atoms with Gasteiger partial charge in [0, 0.05) is 12.1 Å². The van der Waals surface area contributed by atoms with Crippen LogP contribution in [0.15, 0.2) is 18.2 Å². The number of amides is 1. The van der Waals surface area contributed by atoms with Crippen molar-refractivity contribution in [1.29, 1.82) is 0 Å². The molecule has 0 unspecified atom stereocenters. The highest BCUT2D eigenvalue weighted by Crippen LogP contribution is 2.28. The van der Waals surface area contributed by atoms with Gasteiger partial charge in [-0.15, -0.1) is 0 Å². The van der Waals surface area contributed by atoms with Crippen LogP contribution in [0.4, 0.5) is 0 Å². The summed E-state index contributed by atoms with van der Waals surface area (Å²) in [6.45, 7) is 4.66. The number of carboxylic acids is 1. The summed E-state index contributed by atoms with van der Waals surface area (Å²) in [6, 6.07) is 5.72. The van der Waals surface area contributed by atoms with Crippen LogP contribution in [0.1, 0.15) is 47.2 Å². The number of aliphatic carboxylic acids is 1. The molecule has 4 nitrogen and oxygen atoms in total. The second-order valence-electron chi connectivity index (χ2n) is 6.06. The second-order valence-corrected chi connectivity index (χ2v) is 6.06. The number of nitrogens with one attached hydrogen (secondary N) is 1. The molecule has 1 amide bonds. The van der Waals surface area contributed by atoms with Crippen LogP contribution in [0, 0.1) is 25.7 Å². The first kappa shape index (κ1) is 15.5. The van der Waals surface area contributed by atoms with Crippen molar-refractivity contribution in [2.75, 3.05) is 6.54 Å². The van der Waals surface area contributed by atoms with Gasteiger partial charge in [0.25, 0.3) is 5.91 Å². The van der Waals surface area contributed by atoms with E-state index in [9.17, 15) is 9.59 Å². The van der Waals surface area contributed by atoms with E-state index in [0.29, 0.717) is 18.0 Å². The van der Waals surface area contributed by atoms with E-state index in [4.69, 9.17) is 5.11 Å². The third-order valence-corrected chi connectivity index (χ3v) is 4.52. The number of aryl methyl sites for hydroxylation is 2. The van der Waals surface area contributed by atoms with E-state index >= 15 is 0 Å². The first-order valence-electron chi connectivity index (χ1n) is 7.55. The van der Waals surface area contributed by atoms with Crippen molar-refractivity contribution < 1.29 is 14.7 Å². The molecular weight excluding hydrogens is 266 g/mol. The maximum absolute atomic E-state index is 12.1. The predicted octanol–water partition coefficient (Wildman–Crippen LogP) is 2.92. The van der Waals surface area contributed by atoms with Crippen LogP contribution < -0.4 is 5.32 Å². The first-order valence-corrected chi connectivity index (χ1v) is 7.55. The molecule has 21 heavy (non-hydrogen) atoms. The van der Waals surface area contributed by atoms with Gasteiger partial charge in [-0.05, 0) is 68.7 Å². The summed E-state index contributed by atoms with van der Waals surface area (Å²) in [6.07, 6.45) is 3.20. The Morgan fingerprint density at radius 2 is 1.81 bits per heavy atom. The number of carbonyl (C=O) groups is 2. The summed E-state index contributed by atoms with van der Waals surface area (Å²) in [7, 11) is 0. The predicted molar refractivity (Wildman–Crippen MR) is 81.3 cm³/mol. The minimum Gasteiger partial charge on any atom is -0.481 e. The summed E-state index contributed by atoms with van der Waals surface area (Å²) in [5.41, 5.74) is 2.99. The van der Waals surface area contributed by atoms with E-state index < -0.39 is 5.97 Å². The third-order valence-electron chi connectivity index (χ3n) is 4.52. The zero-order valence-corrected chi connectivity index (χ0v) is 12.7. The molecule has 1 aromatic carbocycles. The van der Waals surface area contributed by atoms with E-state index in [1.54, 1.807) is 0 Å². The smallest absolute Gasteiger partial charge is 0.306 e. The van der Waals surface area contributed by atoms with Gasteiger partial charge in [0.1, 0.15) is 0 Å². The Morgan fingerprint density at radius 1 is 1.14 bits per heavy atom. The monoisotopic (exact) mass is 289 g/mol. The van der Waals surface area contributed by atoms with Crippen molar-refractivity contribution in [1.82, 2.24) is 5.32 Å². The topological polar surface area (TPSA) is 66.4 Å². The van der Waals surface area contributed by atoms with Gasteiger partial charge in [-0.3, -0.25) is 9.59 Å². The normalized spacial score (nSPS) is 21.8. The molecule has 0 saturated heterocycles. The number of hydrogen-bond donors (Lipinski definition) is 2. The van der Waals surface area contributed by atoms with E-state index in [1.807, 2.05) is 32.0 Å². The van der Waals surface area contributed by atoms with Crippen molar-refractivity contribution in [3.63, 3.8) is 0 Å². The molecular formula is C17H23NO3. The van der Waals surface area contributed by atoms with Gasteiger partial charge in [0.2, 0.25) is 0 Å². The molecule has 0 aromatic heterocycles. The highest BCUT2D eigenvalue weighted by Gasteiger charge is 2.26. The maximum atomic E-state index is 12.1. The Labute approximate surface area is 125 Å². The Kier molecular flexibility index (Phi) is 4.99. The molecule has 2 N–H and O–H groups in total. The molecule has 0 radical (unpaired) electrons. The fraction of sp³-hybridized carbons (Fsp3) is 0.529. The zero-order chi connectivity index (χ0) is 15.4. The van der Waals surface area contributed by atoms with Crippen LogP contribution in [0.3, 0.4) is 0 Å². The standard InChI is InChI=1S/C17H23NO3/c1-11-3-6-15(9-12(11)2)16(19)18-10-13-4-7-14(8-5-13)17(20)21/h3,6,9,13-14H,4-5,7-8,10H2,1-2H3,(H,18,19)(H,20,21). The number of carbonyl (C=O) groups excluding carboxylic acids is 1. The Hall–Kier alpha value is -1.84. The van der Waals surface area contributed by atoms with Crippen LogP contribution in [0.2, 0.25) is 0 Å². The fourth-order valence-electron chi connectivity index (χ4n) is 2.84. The van der Waals surface area contributed by atoms with Gasteiger partial charge in [0.05, 0.1) is 5.92 Å². The summed E-state index contributed by atoms with van der Waals surface area (Å²) in [4.78, 5) is 23.0. The molecule has 1 aliphatic rings. The lowest BCUT2D eigenvalue weighted by Gasteiger charge is -2.26. The zero-order valence-electron chi connectivity index (χ0n) is 12.7. The summed E-state index contributed by atoms with van der Waals surface area (Å²) < 4.78 is 0. The molecule has 4 heteroatoms. The van der Waals surface area contributed by atoms with E-state index in [2.05, 4.69) is 5.32 Å². The molecule has 0 spiro atoms. The van der Waals surface area contributed by atoms with Crippen LogP contribution in [0.5, 0.6) is 0 Å². The lowest BCUT2D eigenvalue weighted by molar-refractivity contribution is -0.143. The Morgan fingerprint density at radius 3 is 2.38 bits per heavy atom. The van der Waals surface area contributed by atoms with Crippen molar-refractivity contribution in [3.8, 4) is 0 Å². The largest absolute Gasteiger partial charge is 0.481 e.